The molecule has 0 aliphatic carbocycles. The summed E-state index contributed by atoms with van der Waals surface area (Å²) < 4.78 is 56.3. The molecule has 0 bridgehead atoms. The van der Waals surface area contributed by atoms with Crippen LogP contribution in [0.1, 0.15) is 34.7 Å². The Hall–Kier alpha value is -4.63. The number of piperazine rings is 1. The number of methoxy groups -OCH3 is 1. The number of hydrogen-bond acceptors (Lipinski definition) is 9. The van der Waals surface area contributed by atoms with Crippen LogP contribution in [-0.2, 0) is 22.6 Å². The van der Waals surface area contributed by atoms with Gasteiger partial charge in [-0.2, -0.15) is 13.2 Å². The molecule has 0 unspecified atom stereocenters. The number of β-amino-alcohol motifs (C(OH)–C–C–N with tert-alkyl or cyclic N) is 1. The van der Waals surface area contributed by atoms with Gasteiger partial charge in [0.1, 0.15) is 31.0 Å². The number of benzene rings is 3. The Morgan fingerprint density at radius 3 is 2.57 bits per heavy atom. The van der Waals surface area contributed by atoms with Crippen LogP contribution in [0, 0.1) is 12.8 Å². The van der Waals surface area contributed by atoms with E-state index < -0.39 is 48.8 Å². The molecule has 1 aromatic heterocycles. The number of para-hydroxylation sites is 1. The Morgan fingerprint density at radius 2 is 1.81 bits per heavy atom. The maximum Gasteiger partial charge on any atom is 0.405 e. The molecule has 2 amide bonds. The standard InChI is InChI=1S/C39H45F3N4O7/c1-24-21-53-36-30(24)15-26(16-34(36)51-2)18-45-12-13-46(31(20-45)38(50)43-23-39(40,41)42)19-28(47)17-27(14-25-8-4-3-5-9-25)37(49)44-35-29-10-6-7-11-33(29)52-22-32(35)48/h3-11,15-16,21,27-28,31-32,35,47-48H,12-14,17-20,22-23H2,1-2H3,(H,43,50)(H,44,49)/t27-,28+,31+,32-,35+/m1/s1. The minimum absolute atomic E-state index is 0.00263. The first-order valence-electron chi connectivity index (χ1n) is 17.7. The molecule has 2 aliphatic heterocycles. The van der Waals surface area contributed by atoms with Crippen LogP contribution in [0.25, 0.3) is 11.0 Å². The number of carbonyl (C=O) groups excluding carboxylic acids is 2. The zero-order valence-corrected chi connectivity index (χ0v) is 29.6. The van der Waals surface area contributed by atoms with Crippen molar-refractivity contribution in [3.8, 4) is 11.5 Å². The third-order valence-electron chi connectivity index (χ3n) is 9.90. The fourth-order valence-electron chi connectivity index (χ4n) is 7.23. The van der Waals surface area contributed by atoms with E-state index in [2.05, 4.69) is 5.32 Å². The summed E-state index contributed by atoms with van der Waals surface area (Å²) in [6, 6.07) is 18.6. The smallest absolute Gasteiger partial charge is 0.405 e. The normalized spacial score (nSPS) is 20.6. The first-order chi connectivity index (χ1) is 25.4. The lowest BCUT2D eigenvalue weighted by Crippen LogP contribution is -2.60. The van der Waals surface area contributed by atoms with Gasteiger partial charge in [-0.05, 0) is 54.7 Å². The molecule has 1 saturated heterocycles. The molecule has 3 heterocycles. The SMILES string of the molecule is COc1cc(CN2CCN(C[C@@H](O)C[C@@H](Cc3ccccc3)C(=O)N[C@H]3c4ccccc4OC[C@H]3O)[C@H](C(=O)NCC(F)(F)F)C2)cc2c(C)coc12. The Morgan fingerprint density at radius 1 is 1.06 bits per heavy atom. The number of halogens is 3. The predicted octanol–water partition coefficient (Wildman–Crippen LogP) is 4.14. The molecule has 5 atom stereocenters. The summed E-state index contributed by atoms with van der Waals surface area (Å²) in [7, 11) is 1.54. The van der Waals surface area contributed by atoms with Crippen molar-refractivity contribution in [3.63, 3.8) is 0 Å². The molecule has 2 aliphatic rings. The van der Waals surface area contributed by atoms with Gasteiger partial charge in [-0.3, -0.25) is 19.4 Å². The summed E-state index contributed by atoms with van der Waals surface area (Å²) in [6.45, 7) is 1.65. The number of nitrogens with one attached hydrogen (secondary N) is 2. The van der Waals surface area contributed by atoms with Gasteiger partial charge in [-0.1, -0.05) is 48.5 Å². The quantitative estimate of drug-likeness (QED) is 0.160. The average molecular weight is 739 g/mol. The van der Waals surface area contributed by atoms with E-state index in [1.54, 1.807) is 42.5 Å². The first-order valence-corrected chi connectivity index (χ1v) is 17.7. The number of hydrogen-bond donors (Lipinski definition) is 4. The van der Waals surface area contributed by atoms with Crippen LogP contribution in [0.4, 0.5) is 13.2 Å². The van der Waals surface area contributed by atoms with Gasteiger partial charge in [-0.15, -0.1) is 0 Å². The van der Waals surface area contributed by atoms with Crippen LogP contribution in [0.15, 0.2) is 77.4 Å². The third-order valence-corrected chi connectivity index (χ3v) is 9.90. The predicted molar refractivity (Wildman–Crippen MR) is 190 cm³/mol. The monoisotopic (exact) mass is 738 g/mol. The first kappa shape index (κ1) is 38.1. The van der Waals surface area contributed by atoms with Crippen molar-refractivity contribution in [2.75, 3.05) is 46.4 Å². The van der Waals surface area contributed by atoms with E-state index in [1.807, 2.05) is 59.6 Å². The van der Waals surface area contributed by atoms with Gasteiger partial charge in [0.2, 0.25) is 11.8 Å². The van der Waals surface area contributed by atoms with Gasteiger partial charge in [0.15, 0.2) is 11.3 Å². The van der Waals surface area contributed by atoms with E-state index in [0.717, 1.165) is 22.1 Å². The summed E-state index contributed by atoms with van der Waals surface area (Å²) >= 11 is 0. The van der Waals surface area contributed by atoms with Crippen molar-refractivity contribution in [1.82, 2.24) is 20.4 Å². The fourth-order valence-corrected chi connectivity index (χ4v) is 7.23. The highest BCUT2D eigenvalue weighted by Gasteiger charge is 2.38. The minimum Gasteiger partial charge on any atom is -0.493 e. The minimum atomic E-state index is -4.60. The molecular formula is C39H45F3N4O7. The molecule has 6 rings (SSSR count). The van der Waals surface area contributed by atoms with Crippen LogP contribution < -0.4 is 20.1 Å². The highest BCUT2D eigenvalue weighted by molar-refractivity contribution is 5.87. The van der Waals surface area contributed by atoms with Gasteiger partial charge in [-0.25, -0.2) is 0 Å². The Balaban J connectivity index is 1.17. The van der Waals surface area contributed by atoms with E-state index in [-0.39, 0.29) is 45.0 Å². The number of rotatable bonds is 13. The Labute approximate surface area is 305 Å². The van der Waals surface area contributed by atoms with Gasteiger partial charge >= 0.3 is 6.18 Å². The number of aliphatic hydroxyl groups is 2. The number of nitrogens with zero attached hydrogens (tertiary/aromatic N) is 2. The van der Waals surface area contributed by atoms with Crippen molar-refractivity contribution < 1.29 is 46.9 Å². The lowest BCUT2D eigenvalue weighted by atomic mass is 9.90. The van der Waals surface area contributed by atoms with E-state index in [0.29, 0.717) is 35.7 Å². The van der Waals surface area contributed by atoms with Crippen molar-refractivity contribution in [2.24, 2.45) is 5.92 Å². The Kier molecular flexibility index (Phi) is 11.9. The molecule has 14 heteroatoms. The number of fused-ring (bicyclic) bond motifs is 2. The van der Waals surface area contributed by atoms with Crippen LogP contribution in [0.5, 0.6) is 11.5 Å². The van der Waals surface area contributed by atoms with Crippen LogP contribution >= 0.6 is 0 Å². The van der Waals surface area contributed by atoms with Crippen LogP contribution in [-0.4, -0.2) is 103 Å². The lowest BCUT2D eigenvalue weighted by Gasteiger charge is -2.41. The molecule has 3 aromatic carbocycles. The Bertz CT molecular complexity index is 1870. The van der Waals surface area contributed by atoms with Crippen LogP contribution in [0.3, 0.4) is 0 Å². The lowest BCUT2D eigenvalue weighted by molar-refractivity contribution is -0.143. The van der Waals surface area contributed by atoms with E-state index in [9.17, 15) is 33.0 Å². The van der Waals surface area contributed by atoms with E-state index in [4.69, 9.17) is 13.9 Å². The molecule has 0 saturated carbocycles. The maximum atomic E-state index is 13.9. The van der Waals surface area contributed by atoms with Gasteiger partial charge in [0.05, 0.1) is 25.5 Å². The highest BCUT2D eigenvalue weighted by atomic mass is 19.4. The second kappa shape index (κ2) is 16.6. The second-order valence-electron chi connectivity index (χ2n) is 13.9. The maximum absolute atomic E-state index is 13.9. The second-order valence-corrected chi connectivity index (χ2v) is 13.9. The van der Waals surface area contributed by atoms with Crippen LogP contribution in [0.2, 0.25) is 0 Å². The third kappa shape index (κ3) is 9.49. The number of alkyl halides is 3. The molecule has 53 heavy (non-hydrogen) atoms. The van der Waals surface area contributed by atoms with Crippen molar-refractivity contribution in [2.45, 2.75) is 56.8 Å². The van der Waals surface area contributed by atoms with E-state index >= 15 is 0 Å². The molecule has 11 nitrogen and oxygen atoms in total. The molecule has 1 fully saturated rings. The fraction of sp³-hybridized carbons (Fsp3) is 0.436. The number of furan rings is 1. The van der Waals surface area contributed by atoms with Crippen molar-refractivity contribution >= 4 is 22.8 Å². The number of aryl methyl sites for hydroxylation is 1. The molecule has 284 valence electrons. The summed E-state index contributed by atoms with van der Waals surface area (Å²) in [4.78, 5) is 30.9. The van der Waals surface area contributed by atoms with Crippen molar-refractivity contribution in [1.29, 1.82) is 0 Å². The molecule has 4 N–H and O–H groups in total. The largest absolute Gasteiger partial charge is 0.493 e. The average Bonchev–Trinajstić information content (AvgIpc) is 3.51. The zero-order chi connectivity index (χ0) is 37.7. The molecule has 0 spiro atoms. The van der Waals surface area contributed by atoms with Gasteiger partial charge in [0.25, 0.3) is 0 Å². The molecule has 4 aromatic rings. The van der Waals surface area contributed by atoms with E-state index in [1.165, 1.54) is 0 Å². The van der Waals surface area contributed by atoms with Gasteiger partial charge in [0, 0.05) is 49.6 Å². The highest BCUT2D eigenvalue weighted by Crippen LogP contribution is 2.34. The number of carbonyl (C=O) groups is 2. The summed E-state index contributed by atoms with van der Waals surface area (Å²) in [5.41, 5.74) is 3.93. The van der Waals surface area contributed by atoms with Crippen molar-refractivity contribution in [3.05, 3.63) is 95.2 Å². The summed E-state index contributed by atoms with van der Waals surface area (Å²) in [5.74, 6) is -0.795. The molecule has 0 radical (unpaired) electrons. The topological polar surface area (TPSA) is 137 Å². The number of aliphatic hydroxyl groups excluding tert-OH is 2. The summed E-state index contributed by atoms with van der Waals surface area (Å²) in [6.07, 6.45) is -4.76. The zero-order valence-electron chi connectivity index (χ0n) is 29.6. The molecular weight excluding hydrogens is 693 g/mol. The number of ether oxygens (including phenoxy) is 2. The summed E-state index contributed by atoms with van der Waals surface area (Å²) in [5, 5.41) is 28.2. The van der Waals surface area contributed by atoms with Gasteiger partial charge < -0.3 is 34.7 Å². The number of amides is 2.